The van der Waals surface area contributed by atoms with Gasteiger partial charge in [0.15, 0.2) is 0 Å². The van der Waals surface area contributed by atoms with E-state index in [-0.39, 0.29) is 5.56 Å². The van der Waals surface area contributed by atoms with Crippen LogP contribution in [0.5, 0.6) is 5.75 Å². The Kier molecular flexibility index (Phi) is 4.35. The summed E-state index contributed by atoms with van der Waals surface area (Å²) in [6.45, 7) is 6.32. The molecule has 2 heterocycles. The number of nitrogens with zero attached hydrogens (tertiary/aromatic N) is 1. The summed E-state index contributed by atoms with van der Waals surface area (Å²) in [6.07, 6.45) is 4.44. The summed E-state index contributed by atoms with van der Waals surface area (Å²) in [5.74, 6) is 1.87. The molecular weight excluding hydrogens is 344 g/mol. The molecule has 2 aromatic heterocycles. The monoisotopic (exact) mass is 368 g/mol. The highest BCUT2D eigenvalue weighted by Gasteiger charge is 2.21. The standard InChI is InChI=1S/C21H24N2O2S/c1-11(2)14-10-15(12(3)9-16(14)25-4)19-22-20(24)18-13-7-5-6-8-17(13)26-21(18)23-19/h9-11H,5-8H2,1-4H3,(H,22,23,24). The molecule has 1 aliphatic carbocycles. The van der Waals surface area contributed by atoms with Crippen LogP contribution in [0.4, 0.5) is 0 Å². The van der Waals surface area contributed by atoms with Crippen LogP contribution in [-0.2, 0) is 12.8 Å². The number of methoxy groups -OCH3 is 1. The number of rotatable bonds is 3. The lowest BCUT2D eigenvalue weighted by Crippen LogP contribution is -2.11. The van der Waals surface area contributed by atoms with Crippen molar-refractivity contribution in [3.63, 3.8) is 0 Å². The first-order valence-corrected chi connectivity index (χ1v) is 10.0. The molecule has 0 saturated heterocycles. The van der Waals surface area contributed by atoms with Crippen LogP contribution in [0.25, 0.3) is 21.6 Å². The minimum atomic E-state index is -0.00860. The highest BCUT2D eigenvalue weighted by molar-refractivity contribution is 7.18. The zero-order valence-corrected chi connectivity index (χ0v) is 16.5. The molecule has 26 heavy (non-hydrogen) atoms. The fraction of sp³-hybridized carbons (Fsp3) is 0.429. The number of ether oxygens (including phenoxy) is 1. The Hall–Kier alpha value is -2.14. The van der Waals surface area contributed by atoms with Gasteiger partial charge in [-0.2, -0.15) is 0 Å². The molecule has 4 rings (SSSR count). The Morgan fingerprint density at radius 3 is 2.73 bits per heavy atom. The SMILES string of the molecule is COc1cc(C)c(-c2nc3sc4c(c3c(=O)[nH]2)CCCC4)cc1C(C)C. The van der Waals surface area contributed by atoms with Crippen molar-refractivity contribution in [2.24, 2.45) is 0 Å². The minimum Gasteiger partial charge on any atom is -0.496 e. The predicted molar refractivity (Wildman–Crippen MR) is 108 cm³/mol. The van der Waals surface area contributed by atoms with Crippen molar-refractivity contribution in [1.82, 2.24) is 9.97 Å². The number of fused-ring (bicyclic) bond motifs is 3. The molecular formula is C21H24N2O2S. The van der Waals surface area contributed by atoms with Crippen LogP contribution >= 0.6 is 11.3 Å². The van der Waals surface area contributed by atoms with Gasteiger partial charge >= 0.3 is 0 Å². The zero-order chi connectivity index (χ0) is 18.4. The van der Waals surface area contributed by atoms with Gasteiger partial charge in [0.2, 0.25) is 0 Å². The van der Waals surface area contributed by atoms with E-state index in [1.54, 1.807) is 18.4 Å². The number of hydrogen-bond donors (Lipinski definition) is 1. The van der Waals surface area contributed by atoms with Crippen molar-refractivity contribution in [3.05, 3.63) is 44.1 Å². The molecule has 0 bridgehead atoms. The molecule has 0 aliphatic heterocycles. The molecule has 136 valence electrons. The van der Waals surface area contributed by atoms with Crippen LogP contribution in [0.2, 0.25) is 0 Å². The van der Waals surface area contributed by atoms with Gasteiger partial charge in [-0.1, -0.05) is 13.8 Å². The molecule has 0 radical (unpaired) electrons. The first-order chi connectivity index (χ1) is 12.5. The van der Waals surface area contributed by atoms with E-state index < -0.39 is 0 Å². The second kappa shape index (κ2) is 6.54. The first kappa shape index (κ1) is 17.3. The highest BCUT2D eigenvalue weighted by atomic mass is 32.1. The average Bonchev–Trinajstić information content (AvgIpc) is 2.99. The summed E-state index contributed by atoms with van der Waals surface area (Å²) in [6, 6.07) is 4.14. The molecule has 0 spiro atoms. The lowest BCUT2D eigenvalue weighted by Gasteiger charge is -2.15. The second-order valence-electron chi connectivity index (χ2n) is 7.37. The van der Waals surface area contributed by atoms with E-state index in [1.165, 1.54) is 16.9 Å². The van der Waals surface area contributed by atoms with Crippen molar-refractivity contribution in [2.75, 3.05) is 7.11 Å². The van der Waals surface area contributed by atoms with E-state index >= 15 is 0 Å². The van der Waals surface area contributed by atoms with Crippen LogP contribution in [0.3, 0.4) is 0 Å². The molecule has 0 atom stereocenters. The van der Waals surface area contributed by atoms with Crippen molar-refractivity contribution in [1.29, 1.82) is 0 Å². The van der Waals surface area contributed by atoms with E-state index in [2.05, 4.69) is 24.9 Å². The molecule has 0 amide bonds. The number of nitrogens with one attached hydrogen (secondary N) is 1. The van der Waals surface area contributed by atoms with Crippen molar-refractivity contribution >= 4 is 21.6 Å². The van der Waals surface area contributed by atoms with Crippen LogP contribution in [0, 0.1) is 6.92 Å². The van der Waals surface area contributed by atoms with Crippen molar-refractivity contribution in [2.45, 2.75) is 52.4 Å². The van der Waals surface area contributed by atoms with E-state index in [0.29, 0.717) is 11.7 Å². The molecule has 0 saturated carbocycles. The molecule has 5 heteroatoms. The average molecular weight is 369 g/mol. The third-order valence-electron chi connectivity index (χ3n) is 5.28. The summed E-state index contributed by atoms with van der Waals surface area (Å²) >= 11 is 1.69. The van der Waals surface area contributed by atoms with E-state index in [0.717, 1.165) is 51.9 Å². The molecule has 0 unspecified atom stereocenters. The Bertz CT molecular complexity index is 1050. The number of aryl methyl sites for hydroxylation is 3. The Balaban J connectivity index is 1.92. The molecule has 0 fully saturated rings. The fourth-order valence-corrected chi connectivity index (χ4v) is 5.13. The van der Waals surface area contributed by atoms with Gasteiger partial charge in [-0.3, -0.25) is 4.79 Å². The van der Waals surface area contributed by atoms with Crippen LogP contribution in [0.1, 0.15) is 54.2 Å². The number of thiophene rings is 1. The molecule has 3 aromatic rings. The maximum Gasteiger partial charge on any atom is 0.260 e. The van der Waals surface area contributed by atoms with Gasteiger partial charge < -0.3 is 9.72 Å². The first-order valence-electron chi connectivity index (χ1n) is 9.23. The molecule has 1 aromatic carbocycles. The molecule has 1 aliphatic rings. The maximum absolute atomic E-state index is 12.8. The Labute approximate surface area is 157 Å². The second-order valence-corrected chi connectivity index (χ2v) is 8.45. The number of H-pyrrole nitrogens is 1. The van der Waals surface area contributed by atoms with Crippen LogP contribution in [0.15, 0.2) is 16.9 Å². The van der Waals surface area contributed by atoms with E-state index in [9.17, 15) is 4.79 Å². The third kappa shape index (κ3) is 2.75. The van der Waals surface area contributed by atoms with Gasteiger partial charge in [-0.05, 0) is 67.3 Å². The van der Waals surface area contributed by atoms with Gasteiger partial charge in [0, 0.05) is 10.4 Å². The van der Waals surface area contributed by atoms with Crippen molar-refractivity contribution in [3.8, 4) is 17.1 Å². The number of aromatic amines is 1. The summed E-state index contributed by atoms with van der Waals surface area (Å²) in [5.41, 5.74) is 4.37. The Morgan fingerprint density at radius 1 is 1.23 bits per heavy atom. The zero-order valence-electron chi connectivity index (χ0n) is 15.7. The number of aromatic nitrogens is 2. The lowest BCUT2D eigenvalue weighted by molar-refractivity contribution is 0.407. The van der Waals surface area contributed by atoms with Gasteiger partial charge in [0.25, 0.3) is 5.56 Å². The summed E-state index contributed by atoms with van der Waals surface area (Å²) < 4.78 is 5.54. The van der Waals surface area contributed by atoms with E-state index in [4.69, 9.17) is 9.72 Å². The molecule has 4 nitrogen and oxygen atoms in total. The van der Waals surface area contributed by atoms with Crippen molar-refractivity contribution < 1.29 is 4.74 Å². The van der Waals surface area contributed by atoms with Crippen LogP contribution < -0.4 is 10.3 Å². The van der Waals surface area contributed by atoms with Gasteiger partial charge in [-0.25, -0.2) is 4.98 Å². The summed E-state index contributed by atoms with van der Waals surface area (Å²) in [4.78, 5) is 23.0. The number of benzene rings is 1. The van der Waals surface area contributed by atoms with Gasteiger partial charge in [0.1, 0.15) is 16.4 Å². The Morgan fingerprint density at radius 2 is 2.00 bits per heavy atom. The summed E-state index contributed by atoms with van der Waals surface area (Å²) in [5, 5.41) is 0.809. The summed E-state index contributed by atoms with van der Waals surface area (Å²) in [7, 11) is 1.70. The van der Waals surface area contributed by atoms with Gasteiger partial charge in [-0.15, -0.1) is 11.3 Å². The molecule has 1 N–H and O–H groups in total. The smallest absolute Gasteiger partial charge is 0.260 e. The van der Waals surface area contributed by atoms with Gasteiger partial charge in [0.05, 0.1) is 12.5 Å². The minimum absolute atomic E-state index is 0.00860. The predicted octanol–water partition coefficient (Wildman–Crippen LogP) is 4.97. The quantitative estimate of drug-likeness (QED) is 0.710. The van der Waals surface area contributed by atoms with E-state index in [1.807, 2.05) is 13.0 Å². The number of hydrogen-bond acceptors (Lipinski definition) is 4. The van der Waals surface area contributed by atoms with Crippen LogP contribution in [-0.4, -0.2) is 17.1 Å². The largest absolute Gasteiger partial charge is 0.496 e. The normalized spacial score (nSPS) is 14.0. The lowest BCUT2D eigenvalue weighted by atomic mass is 9.95. The third-order valence-corrected chi connectivity index (χ3v) is 6.46. The maximum atomic E-state index is 12.8. The topological polar surface area (TPSA) is 55.0 Å². The fourth-order valence-electron chi connectivity index (χ4n) is 3.87. The highest BCUT2D eigenvalue weighted by Crippen LogP contribution is 2.36.